The SMILES string of the molecule is CCOC(=O)CO.CCOC(=O)N(CCCOC)c1c(C(=O)c2ccc(F)nc2)oc2ncccc12.CCOC(=O)Nc1c(C(=O)OCC)oc2ncccc12.CCOC(=O)c1oc2ncccc2c1N.CCOC(=O)c1oc2ncccc2c1N(CCCOC)C(=O)OCC.COCCCn1c(=O)nc(-c2ccc(N3CCN(C4CC4)CC3)nc2)c2oc3ncccc3c21.N#Cc1cccnc1Cl. The molecule has 14 aromatic rings. The van der Waals surface area contributed by atoms with E-state index in [1.807, 2.05) is 30.3 Å². The Morgan fingerprint density at radius 1 is 0.532 bits per heavy atom. The van der Waals surface area contributed by atoms with E-state index in [1.54, 1.807) is 166 Å². The molecule has 734 valence electrons. The van der Waals surface area contributed by atoms with Crippen molar-refractivity contribution in [2.24, 2.45) is 0 Å². The molecule has 1 saturated carbocycles. The van der Waals surface area contributed by atoms with Crippen LogP contribution in [0.2, 0.25) is 5.15 Å². The van der Waals surface area contributed by atoms with Crippen LogP contribution < -0.4 is 31.4 Å². The summed E-state index contributed by atoms with van der Waals surface area (Å²) in [6, 6.07) is 29.8. The lowest BCUT2D eigenvalue weighted by molar-refractivity contribution is -0.146. The maximum Gasteiger partial charge on any atom is 0.414 e. The molecule has 14 aromatic heterocycles. The largest absolute Gasteiger partial charge is 0.464 e. The Hall–Kier alpha value is -15.5. The van der Waals surface area contributed by atoms with Gasteiger partial charge in [0.15, 0.2) is 5.58 Å². The van der Waals surface area contributed by atoms with E-state index in [9.17, 15) is 47.5 Å². The number of amides is 3. The highest BCUT2D eigenvalue weighted by atomic mass is 35.5. The molecule has 16 rings (SSSR count). The molecule has 2 aliphatic rings. The number of nitrogen functional groups attached to an aromatic ring is 1. The number of rotatable bonds is 31. The number of piperazine rings is 1. The van der Waals surface area contributed by atoms with Crippen LogP contribution in [-0.2, 0) is 58.7 Å². The summed E-state index contributed by atoms with van der Waals surface area (Å²) in [4.78, 5) is 153. The number of halogens is 2. The number of nitrogens with zero attached hydrogens (tertiary/aromatic N) is 15. The molecule has 0 aromatic carbocycles. The van der Waals surface area contributed by atoms with Gasteiger partial charge in [0, 0.05) is 154 Å². The number of carbonyl (C=O) groups excluding carboxylic acids is 8. The average molecular weight is 1940 g/mol. The molecule has 2 fully saturated rings. The summed E-state index contributed by atoms with van der Waals surface area (Å²) < 4.78 is 92.2. The number of aliphatic hydroxyl groups excluding tert-OH is 1. The number of ketones is 1. The molecule has 0 radical (unpaired) electrons. The van der Waals surface area contributed by atoms with Crippen molar-refractivity contribution in [1.29, 1.82) is 5.26 Å². The van der Waals surface area contributed by atoms with Crippen LogP contribution in [0.4, 0.5) is 47.3 Å². The highest BCUT2D eigenvalue weighted by Gasteiger charge is 2.35. The Morgan fingerprint density at radius 3 is 1.50 bits per heavy atom. The van der Waals surface area contributed by atoms with Gasteiger partial charge >= 0.3 is 47.8 Å². The second-order valence-corrected chi connectivity index (χ2v) is 29.5. The van der Waals surface area contributed by atoms with Crippen molar-refractivity contribution in [2.45, 2.75) is 93.2 Å². The molecule has 44 heteroatoms. The Kier molecular flexibility index (Phi) is 40.8. The molecule has 4 N–H and O–H groups in total. The van der Waals surface area contributed by atoms with Crippen LogP contribution in [0.1, 0.15) is 134 Å². The zero-order chi connectivity index (χ0) is 99.9. The minimum absolute atomic E-state index is 0.0190. The standard InChI is InChI=1S/C25H28N6O3.C20H20FN3O5.C17H22N2O6.C13H14N2O5.C10H10N2O3.C6H3ClN2.C4H8O3/c1-33-15-3-10-31-22-19-4-2-9-26-24(19)34-23(22)21(28-25(31)32)17-5-8-20(27-16-17)30-13-11-29(12-14-30)18-6-7-18;1-3-28-20(26)24(10-5-11-27-2)16-14-6-4-9-22-19(14)29-18(16)17(25)13-7-8-15(21)23-12-13;1-4-23-16(20)14-13(12-8-6-9-18-15(12)25-14)19(10-7-11-22-3)17(21)24-5-2;1-3-18-12(16)10-9(15-13(17)19-4-2)8-6-5-7-14-11(8)20-10;1-2-14-10(13)8-7(11)6-4-3-5-12-9(6)15-8;7-6-5(4-8)2-1-3-9-6;1-2-7-4(6)3-5/h2,4-5,8-9,16,18H,3,6-7,10-15H2,1H3;4,6-9,12H,3,5,10-11H2,1-2H3;6,8-9H,4-5,7,10-11H2,1-3H3;5-7H,3-4H2,1-2H3,(H,15,17);3-5H,2,11H2,1H3;1-3H;5H,2-3H2,1H3. The van der Waals surface area contributed by atoms with E-state index in [-0.39, 0.29) is 120 Å². The van der Waals surface area contributed by atoms with Crippen LogP contribution in [-0.4, -0.2) is 247 Å². The number of nitrogens with two attached hydrogens (primary N) is 1. The fourth-order valence-electron chi connectivity index (χ4n) is 13.8. The number of fused-ring (bicyclic) bond motifs is 7. The van der Waals surface area contributed by atoms with Gasteiger partial charge in [-0.2, -0.15) is 14.6 Å². The van der Waals surface area contributed by atoms with E-state index < -0.39 is 60.5 Å². The lowest BCUT2D eigenvalue weighted by Gasteiger charge is -2.35. The van der Waals surface area contributed by atoms with E-state index >= 15 is 0 Å². The first-order valence-corrected chi connectivity index (χ1v) is 44.6. The van der Waals surface area contributed by atoms with Crippen LogP contribution >= 0.6 is 11.6 Å². The third kappa shape index (κ3) is 28.1. The molecule has 15 heterocycles. The highest BCUT2D eigenvalue weighted by molar-refractivity contribution is 6.30. The Bertz CT molecular complexity index is 6570. The molecule has 1 saturated heterocycles. The van der Waals surface area contributed by atoms with Gasteiger partial charge in [0.05, 0.1) is 84.4 Å². The van der Waals surface area contributed by atoms with E-state index in [1.165, 1.54) is 41.1 Å². The van der Waals surface area contributed by atoms with E-state index in [0.717, 1.165) is 66.8 Å². The normalized spacial score (nSPS) is 12.0. The number of esters is 4. The van der Waals surface area contributed by atoms with Crippen molar-refractivity contribution in [3.8, 4) is 17.3 Å². The first-order valence-electron chi connectivity index (χ1n) is 44.2. The van der Waals surface area contributed by atoms with Crippen molar-refractivity contribution >= 4 is 155 Å². The van der Waals surface area contributed by atoms with Gasteiger partial charge in [0.25, 0.3) is 0 Å². The lowest BCUT2D eigenvalue weighted by Crippen LogP contribution is -2.47. The number of hydrogen-bond acceptors (Lipinski definition) is 38. The number of aryl methyl sites for hydroxylation is 1. The van der Waals surface area contributed by atoms with Crippen molar-refractivity contribution < 1.29 is 117 Å². The Balaban J connectivity index is 0.000000175. The Morgan fingerprint density at radius 2 is 1.01 bits per heavy atom. The molecular weight excluding hydrogens is 1830 g/mol. The maximum absolute atomic E-state index is 13.2. The van der Waals surface area contributed by atoms with Crippen molar-refractivity contribution in [2.75, 3.05) is 159 Å². The van der Waals surface area contributed by atoms with Gasteiger partial charge in [-0.3, -0.25) is 29.4 Å². The molecule has 1 aliphatic heterocycles. The van der Waals surface area contributed by atoms with Crippen molar-refractivity contribution in [3.05, 3.63) is 202 Å². The maximum atomic E-state index is 13.2. The van der Waals surface area contributed by atoms with Crippen molar-refractivity contribution in [3.63, 3.8) is 0 Å². The summed E-state index contributed by atoms with van der Waals surface area (Å²) in [6.07, 6.45) is 14.9. The van der Waals surface area contributed by atoms with E-state index in [4.69, 9.17) is 97.4 Å². The number of furan rings is 5. The van der Waals surface area contributed by atoms with Crippen LogP contribution in [0, 0.1) is 17.3 Å². The topological polar surface area (TPSA) is 528 Å². The van der Waals surface area contributed by atoms with Crippen LogP contribution in [0.3, 0.4) is 0 Å². The third-order valence-corrected chi connectivity index (χ3v) is 20.3. The average Bonchev–Trinajstić information content (AvgIpc) is 1.58. The van der Waals surface area contributed by atoms with Crippen molar-refractivity contribution in [1.82, 2.24) is 54.3 Å². The van der Waals surface area contributed by atoms with Gasteiger partial charge in [-0.05, 0) is 178 Å². The number of pyridine rings is 8. The molecular formula is C95H105ClFN17O25. The molecule has 3 amide bonds. The molecule has 139 heavy (non-hydrogen) atoms. The molecule has 42 nitrogen and oxygen atoms in total. The van der Waals surface area contributed by atoms with E-state index in [2.05, 4.69) is 59.7 Å². The monoisotopic (exact) mass is 1940 g/mol. The van der Waals surface area contributed by atoms with E-state index in [0.29, 0.717) is 114 Å². The highest BCUT2D eigenvalue weighted by Crippen LogP contribution is 2.39. The summed E-state index contributed by atoms with van der Waals surface area (Å²) >= 11 is 5.49. The van der Waals surface area contributed by atoms with Crippen LogP contribution in [0.25, 0.3) is 77.9 Å². The number of aromatic nitrogens is 10. The van der Waals surface area contributed by atoms with Gasteiger partial charge in [-0.25, -0.2) is 78.2 Å². The molecule has 0 spiro atoms. The summed E-state index contributed by atoms with van der Waals surface area (Å²) in [5.74, 6) is -3.01. The van der Waals surface area contributed by atoms with Gasteiger partial charge in [0.2, 0.25) is 63.3 Å². The van der Waals surface area contributed by atoms with Gasteiger partial charge in [-0.1, -0.05) is 11.6 Å². The first-order chi connectivity index (χ1) is 67.5. The minimum Gasteiger partial charge on any atom is -0.464 e. The lowest BCUT2D eigenvalue weighted by atomic mass is 10.1. The smallest absolute Gasteiger partial charge is 0.414 e. The minimum atomic E-state index is -0.708. The number of nitriles is 1. The van der Waals surface area contributed by atoms with Crippen LogP contribution in [0.15, 0.2) is 174 Å². The zero-order valence-electron chi connectivity index (χ0n) is 78.0. The number of carbonyl (C=O) groups is 8. The van der Waals surface area contributed by atoms with Gasteiger partial charge < -0.3 is 85.2 Å². The first kappa shape index (κ1) is 106. The summed E-state index contributed by atoms with van der Waals surface area (Å²) in [7, 11) is 4.79. The quantitative estimate of drug-likeness (QED) is 0.0119. The third-order valence-electron chi connectivity index (χ3n) is 20.0. The number of hydrogen-bond donors (Lipinski definition) is 3. The number of methoxy groups -OCH3 is 3. The number of anilines is 5. The summed E-state index contributed by atoms with van der Waals surface area (Å²) in [6.45, 7) is 19.5. The molecule has 0 unspecified atom stereocenters. The summed E-state index contributed by atoms with van der Waals surface area (Å²) in [5.41, 5.74) is 11.0. The molecule has 0 atom stereocenters. The predicted molar refractivity (Wildman–Crippen MR) is 506 cm³/mol. The fraction of sp³-hybridized carbons (Fsp3) is 0.358. The Labute approximate surface area is 799 Å². The summed E-state index contributed by atoms with van der Waals surface area (Å²) in [5, 5.41) is 22.0. The molecule has 1 aliphatic carbocycles. The fourth-order valence-corrected chi connectivity index (χ4v) is 13.9. The van der Waals surface area contributed by atoms with Gasteiger partial charge in [-0.15, -0.1) is 0 Å². The van der Waals surface area contributed by atoms with Crippen LogP contribution in [0.5, 0.6) is 0 Å². The van der Waals surface area contributed by atoms with Gasteiger partial charge in [0.1, 0.15) is 51.9 Å². The number of aliphatic hydroxyl groups is 1. The zero-order valence-corrected chi connectivity index (χ0v) is 78.7. The number of ether oxygens (including phenoxy) is 10. The predicted octanol–water partition coefficient (Wildman–Crippen LogP) is 14.8. The second-order valence-electron chi connectivity index (χ2n) is 29.2. The second kappa shape index (κ2) is 53.7. The number of nitrogens with one attached hydrogen (secondary N) is 1. The molecule has 0 bridgehead atoms.